The Morgan fingerprint density at radius 1 is 1.29 bits per heavy atom. The van der Waals surface area contributed by atoms with E-state index in [1.54, 1.807) is 30.3 Å². The van der Waals surface area contributed by atoms with Crippen LogP contribution in [0.1, 0.15) is 5.56 Å². The van der Waals surface area contributed by atoms with E-state index in [1.165, 1.54) is 18.3 Å². The van der Waals surface area contributed by atoms with E-state index in [1.807, 2.05) is 0 Å². The van der Waals surface area contributed by atoms with E-state index < -0.39 is 10.8 Å². The molecule has 0 radical (unpaired) electrons. The highest BCUT2D eigenvalue weighted by molar-refractivity contribution is 9.11. The summed E-state index contributed by atoms with van der Waals surface area (Å²) in [6, 6.07) is 11.4. The Kier molecular flexibility index (Phi) is 6.44. The molecule has 0 bridgehead atoms. The smallest absolute Gasteiger partial charge is 0.278 e. The first-order chi connectivity index (χ1) is 11.5. The summed E-state index contributed by atoms with van der Waals surface area (Å²) in [6.07, 6.45) is 1.21. The van der Waals surface area contributed by atoms with E-state index in [9.17, 15) is 14.9 Å². The van der Waals surface area contributed by atoms with Crippen LogP contribution < -0.4 is 10.2 Å². The first-order valence-electron chi connectivity index (χ1n) is 6.60. The summed E-state index contributed by atoms with van der Waals surface area (Å²) < 4.78 is 6.93. The molecule has 2 aromatic rings. The quantitative estimate of drug-likeness (QED) is 0.407. The van der Waals surface area contributed by atoms with Crippen molar-refractivity contribution < 1.29 is 14.5 Å². The molecule has 2 aromatic carbocycles. The van der Waals surface area contributed by atoms with Gasteiger partial charge in [-0.2, -0.15) is 5.10 Å². The van der Waals surface area contributed by atoms with Crippen LogP contribution in [0.25, 0.3) is 0 Å². The Bertz CT molecular complexity index is 796. The monoisotopic (exact) mass is 455 g/mol. The second-order valence-electron chi connectivity index (χ2n) is 4.47. The van der Waals surface area contributed by atoms with Crippen molar-refractivity contribution in [1.82, 2.24) is 5.43 Å². The van der Waals surface area contributed by atoms with Crippen LogP contribution >= 0.6 is 31.9 Å². The second-order valence-corrected chi connectivity index (χ2v) is 6.24. The van der Waals surface area contributed by atoms with Crippen molar-refractivity contribution in [3.8, 4) is 5.75 Å². The number of hydrazone groups is 1. The maximum Gasteiger partial charge on any atom is 0.278 e. The summed E-state index contributed by atoms with van der Waals surface area (Å²) in [4.78, 5) is 22.0. The number of carbonyl (C=O) groups excluding carboxylic acids is 1. The highest BCUT2D eigenvalue weighted by Gasteiger charge is 2.10. The summed E-state index contributed by atoms with van der Waals surface area (Å²) in [5.74, 6) is 0.0238. The molecule has 0 aliphatic carbocycles. The van der Waals surface area contributed by atoms with Crippen LogP contribution in [-0.4, -0.2) is 23.7 Å². The van der Waals surface area contributed by atoms with E-state index in [0.29, 0.717) is 15.8 Å². The average molecular weight is 457 g/mol. The maximum absolute atomic E-state index is 11.7. The molecule has 0 aromatic heterocycles. The van der Waals surface area contributed by atoms with Crippen molar-refractivity contribution in [1.29, 1.82) is 0 Å². The SMILES string of the molecule is O=C(COc1ccc(Br)cc1Br)NN=Cc1ccccc1[N+](=O)[O-]. The molecular weight excluding hydrogens is 446 g/mol. The highest BCUT2D eigenvalue weighted by atomic mass is 79.9. The van der Waals surface area contributed by atoms with Gasteiger partial charge in [0.05, 0.1) is 21.2 Å². The lowest BCUT2D eigenvalue weighted by molar-refractivity contribution is -0.385. The number of nitro benzene ring substituents is 1. The molecule has 0 heterocycles. The average Bonchev–Trinajstić information content (AvgIpc) is 2.54. The van der Waals surface area contributed by atoms with Crippen LogP contribution in [0.5, 0.6) is 5.75 Å². The maximum atomic E-state index is 11.7. The van der Waals surface area contributed by atoms with Gasteiger partial charge in [-0.15, -0.1) is 0 Å². The minimum atomic E-state index is -0.517. The van der Waals surface area contributed by atoms with Crippen molar-refractivity contribution in [2.45, 2.75) is 0 Å². The van der Waals surface area contributed by atoms with Crippen LogP contribution in [0, 0.1) is 10.1 Å². The number of halogens is 2. The van der Waals surface area contributed by atoms with Crippen LogP contribution in [-0.2, 0) is 4.79 Å². The normalized spacial score (nSPS) is 10.6. The van der Waals surface area contributed by atoms with Crippen molar-refractivity contribution in [3.63, 3.8) is 0 Å². The van der Waals surface area contributed by atoms with Crippen molar-refractivity contribution in [3.05, 3.63) is 67.1 Å². The lowest BCUT2D eigenvalue weighted by Crippen LogP contribution is -2.24. The Balaban J connectivity index is 1.90. The minimum Gasteiger partial charge on any atom is -0.483 e. The molecule has 7 nitrogen and oxygen atoms in total. The number of rotatable bonds is 6. The topological polar surface area (TPSA) is 93.8 Å². The van der Waals surface area contributed by atoms with Gasteiger partial charge >= 0.3 is 0 Å². The Labute approximate surface area is 154 Å². The predicted octanol–water partition coefficient (Wildman–Crippen LogP) is 3.65. The Morgan fingerprint density at radius 3 is 2.75 bits per heavy atom. The van der Waals surface area contributed by atoms with Crippen molar-refractivity contribution in [2.24, 2.45) is 5.10 Å². The van der Waals surface area contributed by atoms with E-state index in [4.69, 9.17) is 4.74 Å². The third-order valence-corrected chi connectivity index (χ3v) is 3.89. The lowest BCUT2D eigenvalue weighted by Gasteiger charge is -2.07. The number of hydrogen-bond donors (Lipinski definition) is 1. The van der Waals surface area contributed by atoms with Gasteiger partial charge in [0, 0.05) is 10.5 Å². The van der Waals surface area contributed by atoms with Gasteiger partial charge in [-0.1, -0.05) is 28.1 Å². The van der Waals surface area contributed by atoms with Crippen LogP contribution in [0.3, 0.4) is 0 Å². The fourth-order valence-electron chi connectivity index (χ4n) is 1.70. The van der Waals surface area contributed by atoms with Gasteiger partial charge < -0.3 is 4.74 Å². The van der Waals surface area contributed by atoms with E-state index >= 15 is 0 Å². The zero-order valence-electron chi connectivity index (χ0n) is 12.1. The van der Waals surface area contributed by atoms with Crippen LogP contribution in [0.4, 0.5) is 5.69 Å². The molecule has 2 rings (SSSR count). The van der Waals surface area contributed by atoms with Gasteiger partial charge in [-0.05, 0) is 40.2 Å². The number of para-hydroxylation sites is 1. The van der Waals surface area contributed by atoms with E-state index in [0.717, 1.165) is 4.47 Å². The third-order valence-electron chi connectivity index (χ3n) is 2.78. The van der Waals surface area contributed by atoms with Gasteiger partial charge in [-0.25, -0.2) is 5.43 Å². The standard InChI is InChI=1S/C15H11Br2N3O4/c16-11-5-6-14(12(17)7-11)24-9-15(21)19-18-8-10-3-1-2-4-13(10)20(22)23/h1-8H,9H2,(H,19,21). The number of carbonyl (C=O) groups is 1. The molecule has 0 aliphatic rings. The molecule has 0 aliphatic heterocycles. The minimum absolute atomic E-state index is 0.0921. The van der Waals surface area contributed by atoms with E-state index in [-0.39, 0.29) is 12.3 Å². The molecular formula is C15H11Br2N3O4. The zero-order chi connectivity index (χ0) is 17.5. The summed E-state index contributed by atoms with van der Waals surface area (Å²) in [7, 11) is 0. The number of amides is 1. The Morgan fingerprint density at radius 2 is 2.04 bits per heavy atom. The van der Waals surface area contributed by atoms with Gasteiger partial charge in [0.2, 0.25) is 0 Å². The summed E-state index contributed by atoms with van der Waals surface area (Å²) in [5.41, 5.74) is 2.46. The number of hydrogen-bond acceptors (Lipinski definition) is 5. The first kappa shape index (κ1) is 18.1. The third kappa shape index (κ3) is 5.14. The molecule has 124 valence electrons. The largest absolute Gasteiger partial charge is 0.483 e. The molecule has 24 heavy (non-hydrogen) atoms. The lowest BCUT2D eigenvalue weighted by atomic mass is 10.2. The fraction of sp³-hybridized carbons (Fsp3) is 0.0667. The summed E-state index contributed by atoms with van der Waals surface area (Å²) >= 11 is 6.64. The molecule has 0 saturated heterocycles. The molecule has 0 atom stereocenters. The molecule has 0 fully saturated rings. The van der Waals surface area contributed by atoms with Gasteiger partial charge in [0.1, 0.15) is 5.75 Å². The Hall–Kier alpha value is -2.26. The van der Waals surface area contributed by atoms with Crippen molar-refractivity contribution in [2.75, 3.05) is 6.61 Å². The number of nitrogens with zero attached hydrogens (tertiary/aromatic N) is 2. The van der Waals surface area contributed by atoms with Gasteiger partial charge in [0.15, 0.2) is 6.61 Å². The molecule has 1 N–H and O–H groups in total. The number of ether oxygens (including phenoxy) is 1. The fourth-order valence-corrected chi connectivity index (χ4v) is 2.87. The first-order valence-corrected chi connectivity index (χ1v) is 8.19. The van der Waals surface area contributed by atoms with Crippen LogP contribution in [0.15, 0.2) is 56.5 Å². The van der Waals surface area contributed by atoms with Gasteiger partial charge in [-0.3, -0.25) is 14.9 Å². The predicted molar refractivity (Wildman–Crippen MR) is 96.2 cm³/mol. The highest BCUT2D eigenvalue weighted by Crippen LogP contribution is 2.28. The number of nitrogens with one attached hydrogen (secondary N) is 1. The summed E-state index contributed by atoms with van der Waals surface area (Å²) in [5, 5.41) is 14.6. The molecule has 0 saturated carbocycles. The zero-order valence-corrected chi connectivity index (χ0v) is 15.3. The second kappa shape index (κ2) is 8.55. The van der Waals surface area contributed by atoms with Gasteiger partial charge in [0.25, 0.3) is 11.6 Å². The molecule has 1 amide bonds. The van der Waals surface area contributed by atoms with Crippen molar-refractivity contribution >= 4 is 49.7 Å². The number of benzene rings is 2. The molecule has 0 spiro atoms. The molecule has 9 heteroatoms. The summed E-state index contributed by atoms with van der Waals surface area (Å²) in [6.45, 7) is -0.242. The molecule has 0 unspecified atom stereocenters. The number of nitro groups is 1. The van der Waals surface area contributed by atoms with Crippen LogP contribution in [0.2, 0.25) is 0 Å². The van der Waals surface area contributed by atoms with E-state index in [2.05, 4.69) is 42.4 Å².